The summed E-state index contributed by atoms with van der Waals surface area (Å²) in [5.41, 5.74) is 1.15. The number of carbonyl (C=O) groups is 1. The number of amides is 1. The Bertz CT molecular complexity index is 576. The lowest BCUT2D eigenvalue weighted by Crippen LogP contribution is -2.27. The molecule has 0 aromatic heterocycles. The van der Waals surface area contributed by atoms with Gasteiger partial charge in [-0.15, -0.1) is 0 Å². The van der Waals surface area contributed by atoms with Crippen LogP contribution in [0.15, 0.2) is 24.3 Å². The minimum Gasteiger partial charge on any atom is -0.454 e. The van der Waals surface area contributed by atoms with Crippen LogP contribution in [0.5, 0.6) is 11.5 Å². The van der Waals surface area contributed by atoms with Crippen molar-refractivity contribution in [2.45, 2.75) is 51.4 Å². The molecule has 2 aliphatic heterocycles. The molecule has 1 aromatic carbocycles. The first-order valence-corrected chi connectivity index (χ1v) is 9.17. The maximum atomic E-state index is 11.9. The second-order valence-corrected chi connectivity index (χ2v) is 6.56. The summed E-state index contributed by atoms with van der Waals surface area (Å²) < 4.78 is 10.7. The van der Waals surface area contributed by atoms with E-state index in [9.17, 15) is 4.79 Å². The largest absolute Gasteiger partial charge is 0.454 e. The molecule has 3 rings (SSSR count). The van der Waals surface area contributed by atoms with Gasteiger partial charge in [-0.25, -0.2) is 0 Å². The van der Waals surface area contributed by atoms with Crippen molar-refractivity contribution in [2.75, 3.05) is 19.9 Å². The fourth-order valence-corrected chi connectivity index (χ4v) is 3.25. The van der Waals surface area contributed by atoms with E-state index in [0.717, 1.165) is 55.8 Å². The van der Waals surface area contributed by atoms with Gasteiger partial charge < -0.3 is 14.4 Å². The number of allylic oxidation sites excluding steroid dienone is 1. The fourth-order valence-electron chi connectivity index (χ4n) is 3.25. The van der Waals surface area contributed by atoms with Crippen LogP contribution in [0.2, 0.25) is 0 Å². The molecule has 24 heavy (non-hydrogen) atoms. The van der Waals surface area contributed by atoms with Crippen molar-refractivity contribution < 1.29 is 14.3 Å². The molecule has 1 fully saturated rings. The molecule has 4 heteroatoms. The zero-order valence-electron chi connectivity index (χ0n) is 14.3. The summed E-state index contributed by atoms with van der Waals surface area (Å²) in [5, 5.41) is 0. The monoisotopic (exact) mass is 329 g/mol. The molecule has 1 saturated heterocycles. The molecule has 0 aliphatic carbocycles. The van der Waals surface area contributed by atoms with E-state index in [-0.39, 0.29) is 0 Å². The van der Waals surface area contributed by atoms with Crippen LogP contribution < -0.4 is 9.47 Å². The van der Waals surface area contributed by atoms with Gasteiger partial charge in [-0.05, 0) is 49.8 Å². The van der Waals surface area contributed by atoms with E-state index in [0.29, 0.717) is 12.7 Å². The smallest absolute Gasteiger partial charge is 0.231 e. The standard InChI is InChI=1S/C20H27NO3/c22-20(21-13-7-8-14-21)10-6-4-2-1-3-5-9-17-11-12-18-19(15-17)24-16-23-18/h5,9,11-12,15H,1-4,6-8,10,13-14,16H2/b9-5-. The van der Waals surface area contributed by atoms with Gasteiger partial charge in [0, 0.05) is 19.5 Å². The summed E-state index contributed by atoms with van der Waals surface area (Å²) in [6.07, 6.45) is 13.1. The van der Waals surface area contributed by atoms with Crippen LogP contribution >= 0.6 is 0 Å². The first-order chi connectivity index (χ1) is 11.8. The Balaban J connectivity index is 1.25. The predicted molar refractivity (Wildman–Crippen MR) is 95.1 cm³/mol. The summed E-state index contributed by atoms with van der Waals surface area (Å²) in [6, 6.07) is 6.02. The molecule has 4 nitrogen and oxygen atoms in total. The number of hydrogen-bond donors (Lipinski definition) is 0. The van der Waals surface area contributed by atoms with Crippen molar-refractivity contribution >= 4 is 12.0 Å². The zero-order chi connectivity index (χ0) is 16.6. The maximum Gasteiger partial charge on any atom is 0.231 e. The number of carbonyl (C=O) groups excluding carboxylic acids is 1. The van der Waals surface area contributed by atoms with Gasteiger partial charge in [-0.2, -0.15) is 0 Å². The number of ether oxygens (including phenoxy) is 2. The highest BCUT2D eigenvalue weighted by molar-refractivity contribution is 5.76. The lowest BCUT2D eigenvalue weighted by molar-refractivity contribution is -0.130. The highest BCUT2D eigenvalue weighted by atomic mass is 16.7. The Morgan fingerprint density at radius 2 is 1.83 bits per heavy atom. The molecule has 2 aliphatic rings. The lowest BCUT2D eigenvalue weighted by atomic mass is 10.1. The van der Waals surface area contributed by atoms with Crippen LogP contribution in [0.3, 0.4) is 0 Å². The topological polar surface area (TPSA) is 38.8 Å². The highest BCUT2D eigenvalue weighted by Gasteiger charge is 2.16. The molecule has 0 N–H and O–H groups in total. The SMILES string of the molecule is O=C(CCCCCC/C=C\c1ccc2c(c1)OCO2)N1CCCC1. The minimum absolute atomic E-state index is 0.322. The van der Waals surface area contributed by atoms with Crippen molar-refractivity contribution in [1.82, 2.24) is 4.90 Å². The molecular formula is C20H27NO3. The molecule has 1 amide bonds. The third-order valence-corrected chi connectivity index (χ3v) is 4.68. The van der Waals surface area contributed by atoms with Crippen molar-refractivity contribution in [2.24, 2.45) is 0 Å². The van der Waals surface area contributed by atoms with E-state index in [1.165, 1.54) is 25.7 Å². The molecule has 0 bridgehead atoms. The van der Waals surface area contributed by atoms with Crippen LogP contribution in [0.1, 0.15) is 56.9 Å². The predicted octanol–water partition coefficient (Wildman–Crippen LogP) is 4.39. The average Bonchev–Trinajstić information content (AvgIpc) is 3.28. The third kappa shape index (κ3) is 4.76. The average molecular weight is 329 g/mol. The number of fused-ring (bicyclic) bond motifs is 1. The number of rotatable bonds is 8. The minimum atomic E-state index is 0.322. The van der Waals surface area contributed by atoms with Gasteiger partial charge in [0.05, 0.1) is 0 Å². The molecular weight excluding hydrogens is 302 g/mol. The van der Waals surface area contributed by atoms with Gasteiger partial charge >= 0.3 is 0 Å². The summed E-state index contributed by atoms with van der Waals surface area (Å²) in [4.78, 5) is 13.9. The molecule has 2 heterocycles. The van der Waals surface area contributed by atoms with Gasteiger partial charge in [0.1, 0.15) is 0 Å². The molecule has 0 unspecified atom stereocenters. The quantitative estimate of drug-likeness (QED) is 0.664. The number of unbranched alkanes of at least 4 members (excludes halogenated alkanes) is 4. The summed E-state index contributed by atoms with van der Waals surface area (Å²) in [7, 11) is 0. The van der Waals surface area contributed by atoms with Crippen molar-refractivity contribution in [3.63, 3.8) is 0 Å². The second kappa shape index (κ2) is 8.76. The Hall–Kier alpha value is -1.97. The van der Waals surface area contributed by atoms with Gasteiger partial charge in [0.15, 0.2) is 11.5 Å². The van der Waals surface area contributed by atoms with Crippen LogP contribution in [-0.4, -0.2) is 30.7 Å². The van der Waals surface area contributed by atoms with Crippen LogP contribution in [0, 0.1) is 0 Å². The van der Waals surface area contributed by atoms with E-state index in [1.54, 1.807) is 0 Å². The van der Waals surface area contributed by atoms with Crippen molar-refractivity contribution in [3.05, 3.63) is 29.8 Å². The van der Waals surface area contributed by atoms with E-state index in [2.05, 4.69) is 12.2 Å². The normalized spacial score (nSPS) is 16.2. The first-order valence-electron chi connectivity index (χ1n) is 9.17. The van der Waals surface area contributed by atoms with Crippen molar-refractivity contribution in [3.8, 4) is 11.5 Å². The van der Waals surface area contributed by atoms with E-state index >= 15 is 0 Å². The van der Waals surface area contributed by atoms with Gasteiger partial charge in [-0.1, -0.05) is 31.1 Å². The Morgan fingerprint density at radius 1 is 1.04 bits per heavy atom. The molecule has 1 aromatic rings. The van der Waals surface area contributed by atoms with E-state index in [1.807, 2.05) is 23.1 Å². The Morgan fingerprint density at radius 3 is 2.71 bits per heavy atom. The molecule has 0 saturated carbocycles. The molecule has 0 atom stereocenters. The molecule has 130 valence electrons. The maximum absolute atomic E-state index is 11.9. The van der Waals surface area contributed by atoms with E-state index < -0.39 is 0 Å². The van der Waals surface area contributed by atoms with Crippen molar-refractivity contribution in [1.29, 1.82) is 0 Å². The first kappa shape index (κ1) is 16.9. The molecule has 0 spiro atoms. The summed E-state index contributed by atoms with van der Waals surface area (Å²) >= 11 is 0. The van der Waals surface area contributed by atoms with E-state index in [4.69, 9.17) is 9.47 Å². The number of hydrogen-bond acceptors (Lipinski definition) is 3. The van der Waals surface area contributed by atoms with Crippen LogP contribution in [-0.2, 0) is 4.79 Å². The fraction of sp³-hybridized carbons (Fsp3) is 0.550. The van der Waals surface area contributed by atoms with Gasteiger partial charge in [0.25, 0.3) is 0 Å². The van der Waals surface area contributed by atoms with Gasteiger partial charge in [-0.3, -0.25) is 4.79 Å². The number of benzene rings is 1. The Labute approximate surface area is 144 Å². The van der Waals surface area contributed by atoms with Crippen LogP contribution in [0.25, 0.3) is 6.08 Å². The zero-order valence-corrected chi connectivity index (χ0v) is 14.3. The number of likely N-dealkylation sites (tertiary alicyclic amines) is 1. The lowest BCUT2D eigenvalue weighted by Gasteiger charge is -2.14. The second-order valence-electron chi connectivity index (χ2n) is 6.56. The third-order valence-electron chi connectivity index (χ3n) is 4.68. The number of nitrogens with zero attached hydrogens (tertiary/aromatic N) is 1. The Kier molecular flexibility index (Phi) is 6.16. The molecule has 0 radical (unpaired) electrons. The summed E-state index contributed by atoms with van der Waals surface area (Å²) in [5.74, 6) is 2.02. The summed E-state index contributed by atoms with van der Waals surface area (Å²) in [6.45, 7) is 2.27. The highest BCUT2D eigenvalue weighted by Crippen LogP contribution is 2.32. The van der Waals surface area contributed by atoms with Crippen LogP contribution in [0.4, 0.5) is 0 Å². The van der Waals surface area contributed by atoms with Gasteiger partial charge in [0.2, 0.25) is 12.7 Å².